The minimum atomic E-state index is 0.180. The molecule has 6 heteroatoms. The number of carbonyl (C=O) groups excluding carboxylic acids is 1. The van der Waals surface area contributed by atoms with Crippen molar-refractivity contribution in [3.8, 4) is 11.5 Å². The van der Waals surface area contributed by atoms with Crippen LogP contribution >= 0.6 is 0 Å². The maximum Gasteiger partial charge on any atom is 0.227 e. The van der Waals surface area contributed by atoms with Crippen molar-refractivity contribution in [1.82, 2.24) is 14.8 Å². The van der Waals surface area contributed by atoms with Gasteiger partial charge in [0.1, 0.15) is 0 Å². The third-order valence-electron chi connectivity index (χ3n) is 5.30. The lowest BCUT2D eigenvalue weighted by atomic mass is 10.1. The fourth-order valence-corrected chi connectivity index (χ4v) is 3.64. The maximum absolute atomic E-state index is 12.7. The molecule has 1 aromatic heterocycles. The van der Waals surface area contributed by atoms with Gasteiger partial charge in [-0.05, 0) is 29.8 Å². The second kappa shape index (κ2) is 9.06. The zero-order chi connectivity index (χ0) is 19.2. The number of amides is 1. The van der Waals surface area contributed by atoms with Crippen molar-refractivity contribution in [2.45, 2.75) is 19.3 Å². The van der Waals surface area contributed by atoms with Gasteiger partial charge in [0.2, 0.25) is 5.91 Å². The molecule has 28 heavy (non-hydrogen) atoms. The predicted octanol–water partition coefficient (Wildman–Crippen LogP) is 2.17. The summed E-state index contributed by atoms with van der Waals surface area (Å²) in [5, 5.41) is 0. The highest BCUT2D eigenvalue weighted by molar-refractivity contribution is 5.79. The van der Waals surface area contributed by atoms with Gasteiger partial charge in [-0.3, -0.25) is 14.7 Å². The van der Waals surface area contributed by atoms with Crippen LogP contribution in [0.25, 0.3) is 0 Å². The number of carbonyl (C=O) groups is 1. The summed E-state index contributed by atoms with van der Waals surface area (Å²) >= 11 is 0. The number of fused-ring (bicyclic) bond motifs is 1. The largest absolute Gasteiger partial charge is 0.490 e. The molecule has 0 bridgehead atoms. The highest BCUT2D eigenvalue weighted by Gasteiger charge is 2.21. The van der Waals surface area contributed by atoms with Crippen LogP contribution in [0.15, 0.2) is 42.6 Å². The maximum atomic E-state index is 12.7. The van der Waals surface area contributed by atoms with Crippen LogP contribution in [0.2, 0.25) is 0 Å². The van der Waals surface area contributed by atoms with Crippen LogP contribution in [0.1, 0.15) is 17.7 Å². The quantitative estimate of drug-likeness (QED) is 0.795. The molecule has 0 N–H and O–H groups in total. The van der Waals surface area contributed by atoms with Gasteiger partial charge < -0.3 is 14.4 Å². The minimum Gasteiger partial charge on any atom is -0.490 e. The molecular formula is C22H27N3O3. The number of hydrogen-bond acceptors (Lipinski definition) is 5. The molecule has 1 fully saturated rings. The highest BCUT2D eigenvalue weighted by atomic mass is 16.5. The molecule has 4 rings (SSSR count). The molecular weight excluding hydrogens is 354 g/mol. The van der Waals surface area contributed by atoms with E-state index in [9.17, 15) is 4.79 Å². The number of aromatic nitrogens is 1. The Morgan fingerprint density at radius 1 is 1.00 bits per heavy atom. The average Bonchev–Trinajstić information content (AvgIpc) is 2.98. The normalized spacial score (nSPS) is 17.2. The van der Waals surface area contributed by atoms with Crippen LogP contribution in [0.5, 0.6) is 11.5 Å². The Kier molecular flexibility index (Phi) is 6.07. The Balaban J connectivity index is 1.25. The van der Waals surface area contributed by atoms with Crippen LogP contribution in [-0.4, -0.2) is 66.6 Å². The summed E-state index contributed by atoms with van der Waals surface area (Å²) in [6.07, 6.45) is 4.08. The predicted molar refractivity (Wildman–Crippen MR) is 107 cm³/mol. The molecule has 6 nitrogen and oxygen atoms in total. The van der Waals surface area contributed by atoms with E-state index in [0.29, 0.717) is 19.6 Å². The molecule has 1 saturated heterocycles. The third kappa shape index (κ3) is 4.81. The van der Waals surface area contributed by atoms with Crippen molar-refractivity contribution < 1.29 is 14.3 Å². The summed E-state index contributed by atoms with van der Waals surface area (Å²) in [6.45, 7) is 5.72. The zero-order valence-electron chi connectivity index (χ0n) is 16.2. The monoisotopic (exact) mass is 381 g/mol. The third-order valence-corrected chi connectivity index (χ3v) is 5.30. The van der Waals surface area contributed by atoms with Crippen molar-refractivity contribution in [3.05, 3.63) is 53.9 Å². The van der Waals surface area contributed by atoms with E-state index in [4.69, 9.17) is 9.47 Å². The van der Waals surface area contributed by atoms with Crippen molar-refractivity contribution >= 4 is 5.91 Å². The van der Waals surface area contributed by atoms with E-state index < -0.39 is 0 Å². The summed E-state index contributed by atoms with van der Waals surface area (Å²) in [4.78, 5) is 21.5. The van der Waals surface area contributed by atoms with Crippen LogP contribution in [0.3, 0.4) is 0 Å². The molecule has 2 aliphatic rings. The summed E-state index contributed by atoms with van der Waals surface area (Å²) < 4.78 is 11.4. The molecule has 1 aromatic carbocycles. The summed E-state index contributed by atoms with van der Waals surface area (Å²) in [7, 11) is 0. The van der Waals surface area contributed by atoms with E-state index >= 15 is 0 Å². The first-order valence-corrected chi connectivity index (χ1v) is 10.1. The van der Waals surface area contributed by atoms with Gasteiger partial charge in [0.25, 0.3) is 0 Å². The van der Waals surface area contributed by atoms with Gasteiger partial charge in [-0.1, -0.05) is 12.1 Å². The summed E-state index contributed by atoms with van der Waals surface area (Å²) in [5.74, 6) is 1.70. The number of hydrogen-bond donors (Lipinski definition) is 0. The van der Waals surface area contributed by atoms with Gasteiger partial charge in [0, 0.05) is 57.5 Å². The van der Waals surface area contributed by atoms with Gasteiger partial charge in [0.05, 0.1) is 19.6 Å². The smallest absolute Gasteiger partial charge is 0.227 e. The Morgan fingerprint density at radius 3 is 2.61 bits per heavy atom. The van der Waals surface area contributed by atoms with E-state index in [-0.39, 0.29) is 5.91 Å². The molecule has 0 spiro atoms. The molecule has 1 amide bonds. The number of pyridine rings is 1. The fraction of sp³-hybridized carbons (Fsp3) is 0.455. The van der Waals surface area contributed by atoms with Gasteiger partial charge >= 0.3 is 0 Å². The molecule has 2 aliphatic heterocycles. The van der Waals surface area contributed by atoms with Gasteiger partial charge in [-0.15, -0.1) is 0 Å². The molecule has 0 atom stereocenters. The lowest BCUT2D eigenvalue weighted by Gasteiger charge is -2.34. The van der Waals surface area contributed by atoms with Crippen LogP contribution < -0.4 is 9.47 Å². The number of rotatable bonds is 5. The highest BCUT2D eigenvalue weighted by Crippen LogP contribution is 2.30. The van der Waals surface area contributed by atoms with Gasteiger partial charge in [-0.25, -0.2) is 0 Å². The lowest BCUT2D eigenvalue weighted by Crippen LogP contribution is -2.49. The van der Waals surface area contributed by atoms with Crippen LogP contribution in [-0.2, 0) is 17.6 Å². The number of ether oxygens (including phenoxy) is 2. The minimum absolute atomic E-state index is 0.180. The first-order valence-electron chi connectivity index (χ1n) is 10.1. The van der Waals surface area contributed by atoms with Gasteiger partial charge in [0.15, 0.2) is 11.5 Å². The molecule has 3 heterocycles. The standard InChI is InChI=1S/C22H27N3O3/c26-22(17-18-5-6-20-21(16-18)28-15-3-14-27-20)25-12-10-24(11-13-25)9-7-19-4-1-2-8-23-19/h1-2,4-6,8,16H,3,7,9-15,17H2. The van der Waals surface area contributed by atoms with Crippen LogP contribution in [0.4, 0.5) is 0 Å². The van der Waals surface area contributed by atoms with E-state index in [0.717, 1.165) is 68.3 Å². The Labute approximate surface area is 166 Å². The van der Waals surface area contributed by atoms with Gasteiger partial charge in [-0.2, -0.15) is 0 Å². The van der Waals surface area contributed by atoms with E-state index in [1.54, 1.807) is 0 Å². The Bertz CT molecular complexity index is 789. The van der Waals surface area contributed by atoms with Crippen molar-refractivity contribution in [2.24, 2.45) is 0 Å². The van der Waals surface area contributed by atoms with Crippen molar-refractivity contribution in [3.63, 3.8) is 0 Å². The number of piperazine rings is 1. The second-order valence-corrected chi connectivity index (χ2v) is 7.30. The molecule has 2 aromatic rings. The average molecular weight is 381 g/mol. The molecule has 0 unspecified atom stereocenters. The van der Waals surface area contributed by atoms with Crippen LogP contribution in [0, 0.1) is 0 Å². The van der Waals surface area contributed by atoms with E-state index in [1.807, 2.05) is 41.4 Å². The van der Waals surface area contributed by atoms with E-state index in [2.05, 4.69) is 16.0 Å². The number of benzene rings is 1. The zero-order valence-corrected chi connectivity index (χ0v) is 16.2. The first kappa shape index (κ1) is 18.7. The Morgan fingerprint density at radius 2 is 1.82 bits per heavy atom. The lowest BCUT2D eigenvalue weighted by molar-refractivity contribution is -0.132. The van der Waals surface area contributed by atoms with Crippen molar-refractivity contribution in [1.29, 1.82) is 0 Å². The number of nitrogens with zero attached hydrogens (tertiary/aromatic N) is 3. The second-order valence-electron chi connectivity index (χ2n) is 7.30. The molecule has 0 saturated carbocycles. The summed E-state index contributed by atoms with van der Waals surface area (Å²) in [5.41, 5.74) is 2.10. The topological polar surface area (TPSA) is 54.9 Å². The Hall–Kier alpha value is -2.60. The molecule has 148 valence electrons. The van der Waals surface area contributed by atoms with Crippen molar-refractivity contribution in [2.75, 3.05) is 45.9 Å². The fourth-order valence-electron chi connectivity index (χ4n) is 3.64. The molecule has 0 radical (unpaired) electrons. The molecule has 0 aliphatic carbocycles. The SMILES string of the molecule is O=C(Cc1ccc2c(c1)OCCCO2)N1CCN(CCc2ccccn2)CC1. The summed E-state index contributed by atoms with van der Waals surface area (Å²) in [6, 6.07) is 11.9. The first-order chi connectivity index (χ1) is 13.8. The van der Waals surface area contributed by atoms with E-state index in [1.165, 1.54) is 0 Å².